The minimum absolute atomic E-state index is 0.763. The Morgan fingerprint density at radius 3 is 3.00 bits per heavy atom. The Morgan fingerprint density at radius 1 is 1.54 bits per heavy atom. The third kappa shape index (κ3) is 1.80. The van der Waals surface area contributed by atoms with Gasteiger partial charge in [0.05, 0.1) is 10.4 Å². The topological polar surface area (TPSA) is 17.8 Å². The van der Waals surface area contributed by atoms with Gasteiger partial charge in [0.15, 0.2) is 5.65 Å². The lowest BCUT2D eigenvalue weighted by Gasteiger charge is -1.96. The number of rotatable bonds is 1. The van der Waals surface area contributed by atoms with Crippen LogP contribution in [0.3, 0.4) is 0 Å². The molecule has 13 heavy (non-hydrogen) atoms. The molecule has 0 atom stereocenters. The molecule has 2 aromatic heterocycles. The van der Waals surface area contributed by atoms with Crippen molar-refractivity contribution in [3.8, 4) is 0 Å². The van der Waals surface area contributed by atoms with E-state index in [1.165, 1.54) is 0 Å². The summed E-state index contributed by atoms with van der Waals surface area (Å²) >= 11 is 10.5. The predicted octanol–water partition coefficient (Wildman–Crippen LogP) is 4.14. The largest absolute Gasteiger partial charge is 0.265 e. The first-order chi connectivity index (χ1) is 6.24. The highest BCUT2D eigenvalue weighted by molar-refractivity contribution is 14.2. The van der Waals surface area contributed by atoms with Crippen LogP contribution >= 0.6 is 64.5 Å². The Morgan fingerprint density at radius 2 is 2.31 bits per heavy atom. The van der Waals surface area contributed by atoms with E-state index in [1.54, 1.807) is 15.3 Å². The average molecular weight is 436 g/mol. The zero-order valence-corrected chi connectivity index (χ0v) is 12.1. The molecule has 0 aliphatic rings. The van der Waals surface area contributed by atoms with Gasteiger partial charge in [-0.15, -0.1) is 0 Å². The Balaban J connectivity index is 2.87. The van der Waals surface area contributed by atoms with E-state index in [1.807, 2.05) is 16.2 Å². The molecule has 2 aromatic rings. The van der Waals surface area contributed by atoms with Crippen molar-refractivity contribution in [1.82, 2.24) is 8.96 Å². The minimum atomic E-state index is 0.763. The molecular formula is C7H3ClI2N2S. The van der Waals surface area contributed by atoms with Crippen LogP contribution in [-0.4, -0.2) is 8.96 Å². The van der Waals surface area contributed by atoms with Crippen LogP contribution in [0.15, 0.2) is 18.5 Å². The Labute approximate surface area is 110 Å². The van der Waals surface area contributed by atoms with Crippen LogP contribution in [0, 0.1) is 3.57 Å². The summed E-state index contributed by atoms with van der Waals surface area (Å²) in [5.41, 5.74) is 0.927. The van der Waals surface area contributed by atoms with Gasteiger partial charge in [0.25, 0.3) is 0 Å². The van der Waals surface area contributed by atoms with Crippen molar-refractivity contribution in [2.24, 2.45) is 0 Å². The van der Waals surface area contributed by atoms with E-state index in [2.05, 4.69) is 48.8 Å². The van der Waals surface area contributed by atoms with Crippen molar-refractivity contribution < 1.29 is 0 Å². The number of aromatic nitrogens is 2. The molecule has 6 heteroatoms. The molecule has 0 aromatic carbocycles. The van der Waals surface area contributed by atoms with Gasteiger partial charge >= 0.3 is 0 Å². The van der Waals surface area contributed by atoms with Crippen LogP contribution in [0.4, 0.5) is 0 Å². The van der Waals surface area contributed by atoms with E-state index < -0.39 is 0 Å². The molecule has 0 radical (unpaired) electrons. The summed E-state index contributed by atoms with van der Waals surface area (Å²) in [6.45, 7) is 0. The van der Waals surface area contributed by atoms with Crippen molar-refractivity contribution >= 4 is 75.5 Å². The van der Waals surface area contributed by atoms with Gasteiger partial charge in [0, 0.05) is 46.3 Å². The second-order valence-corrected chi connectivity index (χ2v) is 5.65. The maximum absolute atomic E-state index is 6.06. The monoisotopic (exact) mass is 436 g/mol. The maximum Gasteiger partial charge on any atom is 0.153 e. The van der Waals surface area contributed by atoms with Gasteiger partial charge < -0.3 is 0 Å². The highest BCUT2D eigenvalue weighted by Gasteiger charge is 2.10. The second kappa shape index (κ2) is 4.11. The van der Waals surface area contributed by atoms with E-state index in [0.29, 0.717) is 0 Å². The van der Waals surface area contributed by atoms with E-state index in [-0.39, 0.29) is 0 Å². The zero-order chi connectivity index (χ0) is 9.42. The fourth-order valence-corrected chi connectivity index (χ4v) is 3.75. The molecule has 0 bridgehead atoms. The lowest BCUT2D eigenvalue weighted by atomic mass is 10.3. The lowest BCUT2D eigenvalue weighted by molar-refractivity contribution is 1.27. The molecule has 2 heterocycles. The van der Waals surface area contributed by atoms with E-state index in [0.717, 1.165) is 19.6 Å². The summed E-state index contributed by atoms with van der Waals surface area (Å²) in [5.74, 6) is 0. The summed E-state index contributed by atoms with van der Waals surface area (Å²) in [5, 5.41) is 1.80. The van der Waals surface area contributed by atoms with Gasteiger partial charge in [-0.25, -0.2) is 4.98 Å². The Kier molecular flexibility index (Phi) is 3.26. The van der Waals surface area contributed by atoms with Crippen LogP contribution < -0.4 is 0 Å². The molecule has 68 valence electrons. The number of halogens is 3. The van der Waals surface area contributed by atoms with Gasteiger partial charge in [0.2, 0.25) is 0 Å². The molecular weight excluding hydrogens is 433 g/mol. The number of pyridine rings is 1. The summed E-state index contributed by atoms with van der Waals surface area (Å²) in [6, 6.07) is 1.81. The molecule has 0 saturated heterocycles. The van der Waals surface area contributed by atoms with Gasteiger partial charge in [-0.05, 0) is 28.7 Å². The Hall–Kier alpha value is 0.790. The summed E-state index contributed by atoms with van der Waals surface area (Å²) < 4.78 is 3.14. The molecule has 2 nitrogen and oxygen atoms in total. The van der Waals surface area contributed by atoms with Gasteiger partial charge in [0.1, 0.15) is 0 Å². The first-order valence-corrected chi connectivity index (χ1v) is 8.11. The zero-order valence-electron chi connectivity index (χ0n) is 6.17. The smallest absolute Gasteiger partial charge is 0.153 e. The molecule has 0 spiro atoms. The first kappa shape index (κ1) is 10.3. The fourth-order valence-electron chi connectivity index (χ4n) is 1.10. The lowest BCUT2D eigenvalue weighted by Crippen LogP contribution is -1.82. The average Bonchev–Trinajstić information content (AvgIpc) is 2.44. The summed E-state index contributed by atoms with van der Waals surface area (Å²) in [4.78, 5) is 4.28. The highest BCUT2D eigenvalue weighted by atomic mass is 127. The third-order valence-corrected chi connectivity index (χ3v) is 4.47. The molecule has 0 N–H and O–H groups in total. The first-order valence-electron chi connectivity index (χ1n) is 3.34. The molecule has 0 amide bonds. The summed E-state index contributed by atoms with van der Waals surface area (Å²) in [7, 11) is 1.59. The van der Waals surface area contributed by atoms with Crippen molar-refractivity contribution in [1.29, 1.82) is 0 Å². The van der Waals surface area contributed by atoms with Crippen molar-refractivity contribution in [2.75, 3.05) is 0 Å². The number of fused-ring (bicyclic) bond motifs is 1. The van der Waals surface area contributed by atoms with Crippen LogP contribution in [0.2, 0.25) is 5.02 Å². The summed E-state index contributed by atoms with van der Waals surface area (Å²) in [6.07, 6.45) is 3.76. The molecule has 0 saturated carbocycles. The Bertz CT molecular complexity index is 457. The fraction of sp³-hybridized carbons (Fsp3) is 0. The normalized spacial score (nSPS) is 11.0. The van der Waals surface area contributed by atoms with Crippen LogP contribution in [-0.2, 0) is 0 Å². The number of hydrogen-bond donors (Lipinski definition) is 0. The van der Waals surface area contributed by atoms with Gasteiger partial charge in [-0.1, -0.05) is 11.6 Å². The van der Waals surface area contributed by atoms with E-state index >= 15 is 0 Å². The number of hydrogen-bond acceptors (Lipinski definition) is 2. The maximum atomic E-state index is 6.06. The quantitative estimate of drug-likeness (QED) is 0.626. The molecule has 0 aliphatic carbocycles. The van der Waals surface area contributed by atoms with Gasteiger partial charge in [-0.2, -0.15) is 0 Å². The molecule has 0 fully saturated rings. The van der Waals surface area contributed by atoms with Crippen LogP contribution in [0.5, 0.6) is 0 Å². The standard InChI is InChI=1S/C7H3ClI2N2S/c8-4-1-2-11-7-6(4)5(9)3-12(7)13-10/h1-3H. The number of nitrogens with zero attached hydrogens (tertiary/aromatic N) is 2. The second-order valence-electron chi connectivity index (χ2n) is 2.36. The van der Waals surface area contributed by atoms with Crippen LogP contribution in [0.1, 0.15) is 0 Å². The third-order valence-electron chi connectivity index (χ3n) is 1.63. The predicted molar refractivity (Wildman–Crippen MR) is 74.5 cm³/mol. The van der Waals surface area contributed by atoms with Crippen molar-refractivity contribution in [3.05, 3.63) is 27.1 Å². The SMILES string of the molecule is Clc1ccnc2c1c(I)cn2SI. The van der Waals surface area contributed by atoms with Gasteiger partial charge in [-0.3, -0.25) is 3.97 Å². The van der Waals surface area contributed by atoms with E-state index in [9.17, 15) is 0 Å². The minimum Gasteiger partial charge on any atom is -0.265 e. The van der Waals surface area contributed by atoms with Crippen LogP contribution in [0.25, 0.3) is 11.0 Å². The molecule has 0 aliphatic heterocycles. The molecule has 0 unspecified atom stereocenters. The van der Waals surface area contributed by atoms with Crippen molar-refractivity contribution in [3.63, 3.8) is 0 Å². The van der Waals surface area contributed by atoms with E-state index in [4.69, 9.17) is 11.6 Å². The molecule has 2 rings (SSSR count). The highest BCUT2D eigenvalue weighted by Crippen LogP contribution is 2.32. The van der Waals surface area contributed by atoms with Crippen molar-refractivity contribution in [2.45, 2.75) is 0 Å².